The van der Waals surface area contributed by atoms with Gasteiger partial charge in [-0.25, -0.2) is 4.68 Å². The van der Waals surface area contributed by atoms with Gasteiger partial charge in [0, 0.05) is 6.04 Å². The maximum Gasteiger partial charge on any atom is 0.273 e. The Hall–Kier alpha value is -2.12. The number of nitrogens with two attached hydrogens (primary N) is 2. The van der Waals surface area contributed by atoms with Crippen molar-refractivity contribution in [2.75, 3.05) is 5.73 Å². The third kappa shape index (κ3) is 2.69. The topological polar surface area (TPSA) is 129 Å². The first kappa shape index (κ1) is 12.0. The van der Waals surface area contributed by atoms with Crippen LogP contribution in [-0.4, -0.2) is 32.9 Å². The first-order chi connectivity index (χ1) is 7.41. The van der Waals surface area contributed by atoms with Gasteiger partial charge in [-0.1, -0.05) is 5.21 Å². The molecule has 1 aromatic heterocycles. The maximum absolute atomic E-state index is 11.4. The van der Waals surface area contributed by atoms with Crippen LogP contribution in [0.4, 0.5) is 5.82 Å². The number of amides is 2. The standard InChI is InChI=1S/C8H14N6O2/c1-4(2)11-5(15)3-14-7(9)6(8(10)16)12-13-14/h4H,3,9H2,1-2H3,(H2,10,16)(H,11,15). The molecule has 0 spiro atoms. The monoisotopic (exact) mass is 226 g/mol. The lowest BCUT2D eigenvalue weighted by atomic mass is 10.4. The highest BCUT2D eigenvalue weighted by atomic mass is 16.2. The van der Waals surface area contributed by atoms with Gasteiger partial charge >= 0.3 is 0 Å². The molecule has 1 aromatic rings. The van der Waals surface area contributed by atoms with Gasteiger partial charge in [-0.3, -0.25) is 9.59 Å². The number of carbonyl (C=O) groups excluding carboxylic acids is 2. The lowest BCUT2D eigenvalue weighted by Gasteiger charge is -2.08. The molecule has 0 bridgehead atoms. The van der Waals surface area contributed by atoms with E-state index in [-0.39, 0.29) is 30.0 Å². The van der Waals surface area contributed by atoms with Crippen LogP contribution in [0.15, 0.2) is 0 Å². The number of primary amides is 1. The Labute approximate surface area is 92.0 Å². The highest BCUT2D eigenvalue weighted by molar-refractivity contribution is 5.95. The predicted octanol–water partition coefficient (Wildman–Crippen LogP) is -1.52. The molecule has 0 aliphatic carbocycles. The van der Waals surface area contributed by atoms with Crippen LogP contribution in [0.25, 0.3) is 0 Å². The highest BCUT2D eigenvalue weighted by Gasteiger charge is 2.16. The number of hydrogen-bond acceptors (Lipinski definition) is 5. The van der Waals surface area contributed by atoms with Crippen LogP contribution in [0, 0.1) is 0 Å². The van der Waals surface area contributed by atoms with Gasteiger partial charge in [-0.2, -0.15) is 0 Å². The molecule has 0 fully saturated rings. The van der Waals surface area contributed by atoms with Gasteiger partial charge in [-0.05, 0) is 13.8 Å². The van der Waals surface area contributed by atoms with E-state index in [2.05, 4.69) is 15.6 Å². The molecule has 0 aliphatic heterocycles. The van der Waals surface area contributed by atoms with Crippen molar-refractivity contribution in [3.8, 4) is 0 Å². The summed E-state index contributed by atoms with van der Waals surface area (Å²) >= 11 is 0. The van der Waals surface area contributed by atoms with E-state index in [1.165, 1.54) is 0 Å². The van der Waals surface area contributed by atoms with Crippen LogP contribution in [0.1, 0.15) is 24.3 Å². The maximum atomic E-state index is 11.4. The second-order valence-corrected chi connectivity index (χ2v) is 3.57. The molecule has 0 saturated heterocycles. The number of aromatic nitrogens is 3. The largest absolute Gasteiger partial charge is 0.382 e. The van der Waals surface area contributed by atoms with Crippen molar-refractivity contribution in [3.05, 3.63) is 5.69 Å². The van der Waals surface area contributed by atoms with Crippen LogP contribution in [0.2, 0.25) is 0 Å². The molecule has 0 aliphatic rings. The Morgan fingerprint density at radius 3 is 2.56 bits per heavy atom. The van der Waals surface area contributed by atoms with Gasteiger partial charge in [0.2, 0.25) is 5.91 Å². The Bertz CT molecular complexity index is 411. The summed E-state index contributed by atoms with van der Waals surface area (Å²) in [5.74, 6) is -1.04. The second-order valence-electron chi connectivity index (χ2n) is 3.57. The Kier molecular flexibility index (Phi) is 3.44. The summed E-state index contributed by atoms with van der Waals surface area (Å²) in [6.45, 7) is 3.57. The zero-order chi connectivity index (χ0) is 12.3. The fraction of sp³-hybridized carbons (Fsp3) is 0.500. The molecule has 16 heavy (non-hydrogen) atoms. The van der Waals surface area contributed by atoms with Gasteiger partial charge in [0.25, 0.3) is 5.91 Å². The summed E-state index contributed by atoms with van der Waals surface area (Å²) in [5, 5.41) is 9.70. The number of hydrogen-bond donors (Lipinski definition) is 3. The summed E-state index contributed by atoms with van der Waals surface area (Å²) < 4.78 is 1.12. The van der Waals surface area contributed by atoms with Gasteiger partial charge in [-0.15, -0.1) is 5.10 Å². The average molecular weight is 226 g/mol. The van der Waals surface area contributed by atoms with E-state index < -0.39 is 5.91 Å². The van der Waals surface area contributed by atoms with E-state index in [1.807, 2.05) is 13.8 Å². The first-order valence-electron chi connectivity index (χ1n) is 4.70. The molecular weight excluding hydrogens is 212 g/mol. The third-order valence-electron chi connectivity index (χ3n) is 1.75. The van der Waals surface area contributed by atoms with Crippen LogP contribution in [-0.2, 0) is 11.3 Å². The summed E-state index contributed by atoms with van der Waals surface area (Å²) in [5.41, 5.74) is 10.4. The molecule has 2 amide bonds. The Morgan fingerprint density at radius 1 is 1.50 bits per heavy atom. The lowest BCUT2D eigenvalue weighted by Crippen LogP contribution is -2.33. The smallest absolute Gasteiger partial charge is 0.273 e. The van der Waals surface area contributed by atoms with E-state index in [0.717, 1.165) is 4.68 Å². The summed E-state index contributed by atoms with van der Waals surface area (Å²) in [4.78, 5) is 22.2. The minimum absolute atomic E-state index is 0.00796. The molecule has 1 heterocycles. The molecule has 0 aromatic carbocycles. The molecule has 8 nitrogen and oxygen atoms in total. The van der Waals surface area contributed by atoms with E-state index in [9.17, 15) is 9.59 Å². The van der Waals surface area contributed by atoms with Crippen LogP contribution in [0.3, 0.4) is 0 Å². The van der Waals surface area contributed by atoms with Gasteiger partial charge in [0.05, 0.1) is 0 Å². The summed E-state index contributed by atoms with van der Waals surface area (Å²) in [7, 11) is 0. The fourth-order valence-electron chi connectivity index (χ4n) is 1.12. The second kappa shape index (κ2) is 4.60. The fourth-order valence-corrected chi connectivity index (χ4v) is 1.12. The molecule has 0 radical (unpaired) electrons. The zero-order valence-corrected chi connectivity index (χ0v) is 9.10. The number of rotatable bonds is 4. The number of anilines is 1. The molecule has 5 N–H and O–H groups in total. The van der Waals surface area contributed by atoms with Crippen molar-refractivity contribution >= 4 is 17.6 Å². The molecule has 88 valence electrons. The van der Waals surface area contributed by atoms with E-state index in [1.54, 1.807) is 0 Å². The minimum atomic E-state index is -0.770. The molecular formula is C8H14N6O2. The van der Waals surface area contributed by atoms with Gasteiger partial charge < -0.3 is 16.8 Å². The summed E-state index contributed by atoms with van der Waals surface area (Å²) in [6.07, 6.45) is 0. The van der Waals surface area contributed by atoms with Crippen LogP contribution < -0.4 is 16.8 Å². The van der Waals surface area contributed by atoms with Gasteiger partial charge in [0.1, 0.15) is 6.54 Å². The normalized spacial score (nSPS) is 10.4. The van der Waals surface area contributed by atoms with Crippen molar-refractivity contribution in [2.24, 2.45) is 5.73 Å². The zero-order valence-electron chi connectivity index (χ0n) is 9.10. The van der Waals surface area contributed by atoms with Crippen molar-refractivity contribution in [1.29, 1.82) is 0 Å². The Morgan fingerprint density at radius 2 is 2.12 bits per heavy atom. The average Bonchev–Trinajstić information content (AvgIpc) is 2.46. The van der Waals surface area contributed by atoms with Crippen molar-refractivity contribution < 1.29 is 9.59 Å². The van der Waals surface area contributed by atoms with E-state index >= 15 is 0 Å². The number of carbonyl (C=O) groups is 2. The number of nitrogen functional groups attached to an aromatic ring is 1. The lowest BCUT2D eigenvalue weighted by molar-refractivity contribution is -0.122. The predicted molar refractivity (Wildman–Crippen MR) is 56.2 cm³/mol. The SMILES string of the molecule is CC(C)NC(=O)Cn1nnc(C(N)=O)c1N. The Balaban J connectivity index is 2.75. The molecule has 0 atom stereocenters. The van der Waals surface area contributed by atoms with Crippen LogP contribution >= 0.6 is 0 Å². The van der Waals surface area contributed by atoms with E-state index in [4.69, 9.17) is 11.5 Å². The minimum Gasteiger partial charge on any atom is -0.382 e. The molecule has 0 saturated carbocycles. The van der Waals surface area contributed by atoms with Crippen molar-refractivity contribution in [3.63, 3.8) is 0 Å². The van der Waals surface area contributed by atoms with Gasteiger partial charge in [0.15, 0.2) is 11.5 Å². The first-order valence-corrected chi connectivity index (χ1v) is 4.70. The van der Waals surface area contributed by atoms with Crippen molar-refractivity contribution in [1.82, 2.24) is 20.3 Å². The quantitative estimate of drug-likeness (QED) is 0.574. The van der Waals surface area contributed by atoms with Crippen molar-refractivity contribution in [2.45, 2.75) is 26.4 Å². The molecule has 0 unspecified atom stereocenters. The summed E-state index contributed by atoms with van der Waals surface area (Å²) in [6, 6.07) is 0.0212. The number of nitrogens with zero attached hydrogens (tertiary/aromatic N) is 3. The molecule has 8 heteroatoms. The van der Waals surface area contributed by atoms with Crippen LogP contribution in [0.5, 0.6) is 0 Å². The number of nitrogens with one attached hydrogen (secondary N) is 1. The third-order valence-corrected chi connectivity index (χ3v) is 1.75. The van der Waals surface area contributed by atoms with E-state index in [0.29, 0.717) is 0 Å². The molecule has 1 rings (SSSR count). The highest BCUT2D eigenvalue weighted by Crippen LogP contribution is 2.05.